The summed E-state index contributed by atoms with van der Waals surface area (Å²) in [6.07, 6.45) is 0.604. The fourth-order valence-corrected chi connectivity index (χ4v) is 4.72. The minimum absolute atomic E-state index is 0.0277. The van der Waals surface area contributed by atoms with Crippen molar-refractivity contribution < 1.29 is 5.11 Å². The molecule has 1 atom stereocenters. The van der Waals surface area contributed by atoms with E-state index in [1.807, 2.05) is 60.7 Å². The van der Waals surface area contributed by atoms with Crippen molar-refractivity contribution in [2.45, 2.75) is 31.5 Å². The lowest BCUT2D eigenvalue weighted by atomic mass is 9.88. The Morgan fingerprint density at radius 3 is 1.55 bits per heavy atom. The predicted molar refractivity (Wildman–Crippen MR) is 101 cm³/mol. The van der Waals surface area contributed by atoms with E-state index in [0.717, 1.165) is 11.1 Å². The van der Waals surface area contributed by atoms with Gasteiger partial charge in [0.2, 0.25) is 0 Å². The van der Waals surface area contributed by atoms with Crippen molar-refractivity contribution in [3.05, 3.63) is 71.8 Å². The highest BCUT2D eigenvalue weighted by Crippen LogP contribution is 2.58. The Morgan fingerprint density at radius 2 is 1.23 bits per heavy atom. The Hall–Kier alpha value is -0.950. The second kappa shape index (κ2) is 6.28. The van der Waals surface area contributed by atoms with Crippen LogP contribution in [0.15, 0.2) is 60.7 Å². The van der Waals surface area contributed by atoms with Crippen LogP contribution >= 0.6 is 6.04 Å². The van der Waals surface area contributed by atoms with Gasteiger partial charge in [0.15, 0.2) is 0 Å². The Bertz CT molecular complexity index is 619. The molecule has 0 bridgehead atoms. The maximum atomic E-state index is 11.6. The van der Waals surface area contributed by atoms with Crippen molar-refractivity contribution in [2.24, 2.45) is 0 Å². The average Bonchev–Trinajstić information content (AvgIpc) is 2.47. The molecule has 0 fully saturated rings. The molecule has 0 heterocycles. The molecular weight excluding hydrogens is 307 g/mol. The molecule has 1 nitrogen and oxygen atoms in total. The first-order chi connectivity index (χ1) is 10.2. The summed E-state index contributed by atoms with van der Waals surface area (Å²) in [5, 5.41) is 11.6. The topological polar surface area (TPSA) is 20.2 Å². The second-order valence-electron chi connectivity index (χ2n) is 7.02. The van der Waals surface area contributed by atoms with Crippen LogP contribution in [0.25, 0.3) is 0 Å². The molecule has 2 aromatic rings. The van der Waals surface area contributed by atoms with E-state index >= 15 is 0 Å². The Balaban J connectivity index is 2.56. The van der Waals surface area contributed by atoms with Crippen molar-refractivity contribution >= 4 is 17.8 Å². The van der Waals surface area contributed by atoms with E-state index in [4.69, 9.17) is 11.8 Å². The molecule has 0 radical (unpaired) electrons. The summed E-state index contributed by atoms with van der Waals surface area (Å²) >= 11 is 5.98. The highest BCUT2D eigenvalue weighted by atomic mass is 32.4. The molecule has 22 heavy (non-hydrogen) atoms. The van der Waals surface area contributed by atoms with Crippen LogP contribution < -0.4 is 0 Å². The highest BCUT2D eigenvalue weighted by Gasteiger charge is 2.39. The molecule has 0 aromatic heterocycles. The van der Waals surface area contributed by atoms with E-state index in [2.05, 4.69) is 27.4 Å². The molecule has 0 unspecified atom stereocenters. The molecule has 0 aliphatic carbocycles. The predicted octanol–water partition coefficient (Wildman–Crippen LogP) is 4.83. The Morgan fingerprint density at radius 1 is 0.864 bits per heavy atom. The highest BCUT2D eigenvalue weighted by molar-refractivity contribution is 8.15. The van der Waals surface area contributed by atoms with E-state index < -0.39 is 11.6 Å². The number of hydrogen-bond acceptors (Lipinski definition) is 2. The van der Waals surface area contributed by atoms with E-state index in [9.17, 15) is 5.11 Å². The number of hydrogen-bond donors (Lipinski definition) is 1. The summed E-state index contributed by atoms with van der Waals surface area (Å²) in [5.41, 5.74) is 0.808. The molecule has 0 saturated carbocycles. The van der Waals surface area contributed by atoms with E-state index in [1.165, 1.54) is 0 Å². The molecule has 0 saturated heterocycles. The molecule has 0 amide bonds. The lowest BCUT2D eigenvalue weighted by Gasteiger charge is -2.39. The molecule has 1 N–H and O–H groups in total. The van der Waals surface area contributed by atoms with Crippen LogP contribution in [-0.2, 0) is 17.4 Å². The molecule has 3 heteroatoms. The summed E-state index contributed by atoms with van der Waals surface area (Å²) < 4.78 is 0. The third kappa shape index (κ3) is 3.51. The van der Waals surface area contributed by atoms with E-state index in [-0.39, 0.29) is 5.16 Å². The SMILES string of the molecule is CC(C)(C)[P@@](C)(=S)CC(O)(c1ccccc1)c1ccccc1. The molecule has 0 aliphatic heterocycles. The zero-order chi connectivity index (χ0) is 16.4. The summed E-state index contributed by atoms with van der Waals surface area (Å²) in [5.74, 6) is 0. The molecule has 0 aliphatic rings. The van der Waals surface area contributed by atoms with Crippen LogP contribution in [0.1, 0.15) is 31.9 Å². The largest absolute Gasteiger partial charge is 0.380 e. The average molecular weight is 332 g/mol. The third-order valence-electron chi connectivity index (χ3n) is 4.45. The molecule has 0 spiro atoms. The van der Waals surface area contributed by atoms with E-state index in [1.54, 1.807) is 0 Å². The van der Waals surface area contributed by atoms with Gasteiger partial charge in [-0.3, -0.25) is 0 Å². The minimum atomic E-state index is -1.75. The monoisotopic (exact) mass is 332 g/mol. The van der Waals surface area contributed by atoms with Gasteiger partial charge < -0.3 is 5.11 Å². The Kier molecular flexibility index (Phi) is 4.96. The first-order valence-corrected chi connectivity index (χ1v) is 11.0. The smallest absolute Gasteiger partial charge is 0.119 e. The molecule has 118 valence electrons. The fraction of sp³-hybridized carbons (Fsp3) is 0.368. The number of benzene rings is 2. The number of aliphatic hydroxyl groups is 1. The maximum Gasteiger partial charge on any atom is 0.119 e. The van der Waals surface area contributed by atoms with Gasteiger partial charge in [-0.25, -0.2) is 0 Å². The zero-order valence-electron chi connectivity index (χ0n) is 13.8. The van der Waals surface area contributed by atoms with Gasteiger partial charge in [-0.05, 0) is 29.0 Å². The van der Waals surface area contributed by atoms with Crippen molar-refractivity contribution in [2.75, 3.05) is 12.8 Å². The third-order valence-corrected chi connectivity index (χ3v) is 10.4. The van der Waals surface area contributed by atoms with Crippen LogP contribution in [0.2, 0.25) is 0 Å². The molecule has 2 aromatic carbocycles. The van der Waals surface area contributed by atoms with Crippen LogP contribution in [0.5, 0.6) is 0 Å². The normalized spacial score (nSPS) is 15.3. The van der Waals surface area contributed by atoms with Crippen molar-refractivity contribution in [1.82, 2.24) is 0 Å². The molecule has 2 rings (SSSR count). The van der Waals surface area contributed by atoms with Crippen molar-refractivity contribution in [3.63, 3.8) is 0 Å². The van der Waals surface area contributed by atoms with Crippen LogP contribution in [0.3, 0.4) is 0 Å². The zero-order valence-corrected chi connectivity index (χ0v) is 15.5. The first-order valence-electron chi connectivity index (χ1n) is 7.57. The van der Waals surface area contributed by atoms with Crippen LogP contribution in [-0.4, -0.2) is 23.1 Å². The number of rotatable bonds is 4. The summed E-state index contributed by atoms with van der Waals surface area (Å²) in [6, 6.07) is 18.1. The van der Waals surface area contributed by atoms with Gasteiger partial charge in [0.25, 0.3) is 0 Å². The van der Waals surface area contributed by atoms with Gasteiger partial charge in [-0.2, -0.15) is 0 Å². The fourth-order valence-electron chi connectivity index (χ4n) is 2.45. The maximum absolute atomic E-state index is 11.6. The first kappa shape index (κ1) is 17.4. The quantitative estimate of drug-likeness (QED) is 0.809. The van der Waals surface area contributed by atoms with Gasteiger partial charge in [-0.1, -0.05) is 93.2 Å². The van der Waals surface area contributed by atoms with Crippen molar-refractivity contribution in [1.29, 1.82) is 0 Å². The van der Waals surface area contributed by atoms with Crippen molar-refractivity contribution in [3.8, 4) is 0 Å². The molecular formula is C19H25OPS. The van der Waals surface area contributed by atoms with Gasteiger partial charge in [0, 0.05) is 6.16 Å². The summed E-state index contributed by atoms with van der Waals surface area (Å²) in [7, 11) is 0. The van der Waals surface area contributed by atoms with E-state index in [0.29, 0.717) is 6.16 Å². The standard InChI is InChI=1S/C19H25OPS/c1-18(2,3)21(4,22)15-19(20,16-11-7-5-8-12-16)17-13-9-6-10-14-17/h5-14,20H,15H2,1-4H3/t21-/m0/s1. The van der Waals surface area contributed by atoms with Gasteiger partial charge in [0.1, 0.15) is 5.60 Å². The second-order valence-corrected chi connectivity index (χ2v) is 13.3. The van der Waals surface area contributed by atoms with Gasteiger partial charge >= 0.3 is 0 Å². The Labute approximate surface area is 139 Å². The van der Waals surface area contributed by atoms with Crippen LogP contribution in [0, 0.1) is 0 Å². The summed E-state index contributed by atoms with van der Waals surface area (Å²) in [6.45, 7) is 8.72. The van der Waals surface area contributed by atoms with Crippen LogP contribution in [0.4, 0.5) is 0 Å². The lowest BCUT2D eigenvalue weighted by Crippen LogP contribution is -2.34. The summed E-state index contributed by atoms with van der Waals surface area (Å²) in [4.78, 5) is 0. The minimum Gasteiger partial charge on any atom is -0.380 e. The lowest BCUT2D eigenvalue weighted by molar-refractivity contribution is 0.106. The van der Waals surface area contributed by atoms with Gasteiger partial charge in [0.05, 0.1) is 0 Å². The van der Waals surface area contributed by atoms with Gasteiger partial charge in [-0.15, -0.1) is 0 Å².